The summed E-state index contributed by atoms with van der Waals surface area (Å²) in [6, 6.07) is 6.12. The van der Waals surface area contributed by atoms with Crippen LogP contribution in [0, 0.1) is 5.82 Å². The molecule has 1 aromatic carbocycles. The lowest BCUT2D eigenvalue weighted by Crippen LogP contribution is -2.53. The molecule has 2 aromatic rings. The van der Waals surface area contributed by atoms with E-state index < -0.39 is 0 Å². The minimum atomic E-state index is -0.277. The minimum absolute atomic E-state index is 0.0959. The van der Waals surface area contributed by atoms with Gasteiger partial charge < -0.3 is 24.1 Å². The molecule has 1 N–H and O–H groups in total. The van der Waals surface area contributed by atoms with E-state index in [1.165, 1.54) is 12.1 Å². The summed E-state index contributed by atoms with van der Waals surface area (Å²) in [5.74, 6) is 1.08. The summed E-state index contributed by atoms with van der Waals surface area (Å²) in [6.07, 6.45) is 4.80. The van der Waals surface area contributed by atoms with Gasteiger partial charge in [0.15, 0.2) is 5.96 Å². The van der Waals surface area contributed by atoms with Crippen molar-refractivity contribution in [2.24, 2.45) is 4.99 Å². The summed E-state index contributed by atoms with van der Waals surface area (Å²) in [7, 11) is 1.79. The number of oxazole rings is 1. The molecule has 2 atom stereocenters. The first-order valence-electron chi connectivity index (χ1n) is 10.1. The zero-order chi connectivity index (χ0) is 20.1. The maximum Gasteiger partial charge on any atom is 0.226 e. The van der Waals surface area contributed by atoms with Gasteiger partial charge >= 0.3 is 0 Å². The molecule has 156 valence electrons. The van der Waals surface area contributed by atoms with E-state index in [1.807, 2.05) is 0 Å². The lowest BCUT2D eigenvalue weighted by Gasteiger charge is -2.37. The smallest absolute Gasteiger partial charge is 0.226 e. The molecule has 0 amide bonds. The third-order valence-corrected chi connectivity index (χ3v) is 5.29. The highest BCUT2D eigenvalue weighted by Crippen LogP contribution is 2.21. The molecule has 0 bridgehead atoms. The Kier molecular flexibility index (Phi) is 6.41. The van der Waals surface area contributed by atoms with Crippen molar-refractivity contribution in [3.63, 3.8) is 0 Å². The maximum atomic E-state index is 13.1. The van der Waals surface area contributed by atoms with Crippen molar-refractivity contribution in [2.45, 2.75) is 31.5 Å². The molecule has 29 heavy (non-hydrogen) atoms. The van der Waals surface area contributed by atoms with Crippen molar-refractivity contribution < 1.29 is 18.3 Å². The van der Waals surface area contributed by atoms with Crippen molar-refractivity contribution in [1.82, 2.24) is 15.2 Å². The fraction of sp³-hybridized carbons (Fsp3) is 0.524. The summed E-state index contributed by atoms with van der Waals surface area (Å²) in [6.45, 7) is 3.78. The van der Waals surface area contributed by atoms with Crippen LogP contribution in [0.15, 0.2) is 39.9 Å². The maximum absolute atomic E-state index is 13.1. The standard InChI is InChI=1S/C21H27FN4O3/c1-23-21(26-10-12-28-19(13-26)18-3-2-11-27-18)24-9-8-17-14-29-20(25-17)15-4-6-16(22)7-5-15/h4-7,14,18-19H,2-3,8-13H2,1H3,(H,23,24). The number of benzene rings is 1. The zero-order valence-corrected chi connectivity index (χ0v) is 16.6. The topological polar surface area (TPSA) is 72.1 Å². The Balaban J connectivity index is 1.28. The van der Waals surface area contributed by atoms with Crippen LogP contribution in [0.2, 0.25) is 0 Å². The second kappa shape index (κ2) is 9.37. The number of rotatable bonds is 5. The molecule has 2 fully saturated rings. The predicted molar refractivity (Wildman–Crippen MR) is 107 cm³/mol. The molecule has 0 radical (unpaired) electrons. The van der Waals surface area contributed by atoms with Crippen LogP contribution in [0.3, 0.4) is 0 Å². The molecule has 7 nitrogen and oxygen atoms in total. The highest BCUT2D eigenvalue weighted by Gasteiger charge is 2.32. The van der Waals surface area contributed by atoms with Crippen molar-refractivity contribution in [2.75, 3.05) is 39.9 Å². The molecule has 2 aliphatic rings. The summed E-state index contributed by atoms with van der Waals surface area (Å²) in [5, 5.41) is 3.40. The average molecular weight is 402 g/mol. The Bertz CT molecular complexity index is 818. The Morgan fingerprint density at radius 3 is 2.83 bits per heavy atom. The molecule has 2 aliphatic heterocycles. The van der Waals surface area contributed by atoms with Crippen LogP contribution in [0.4, 0.5) is 4.39 Å². The third-order valence-electron chi connectivity index (χ3n) is 5.29. The summed E-state index contributed by atoms with van der Waals surface area (Å²) < 4.78 is 30.3. The number of nitrogens with zero attached hydrogens (tertiary/aromatic N) is 3. The fourth-order valence-electron chi connectivity index (χ4n) is 3.77. The van der Waals surface area contributed by atoms with Gasteiger partial charge in [-0.05, 0) is 37.1 Å². The Hall–Kier alpha value is -2.45. The fourth-order valence-corrected chi connectivity index (χ4v) is 3.77. The minimum Gasteiger partial charge on any atom is -0.444 e. The summed E-state index contributed by atoms with van der Waals surface area (Å²) >= 11 is 0. The predicted octanol–water partition coefficient (Wildman–Crippen LogP) is 2.48. The van der Waals surface area contributed by atoms with Crippen LogP contribution in [-0.2, 0) is 15.9 Å². The molecular weight excluding hydrogens is 375 g/mol. The van der Waals surface area contributed by atoms with Gasteiger partial charge in [-0.1, -0.05) is 0 Å². The zero-order valence-electron chi connectivity index (χ0n) is 16.6. The molecule has 1 aromatic heterocycles. The Morgan fingerprint density at radius 2 is 2.07 bits per heavy atom. The van der Waals surface area contributed by atoms with E-state index in [0.717, 1.165) is 49.8 Å². The second-order valence-corrected chi connectivity index (χ2v) is 7.28. The number of halogens is 1. The number of hydrogen-bond acceptors (Lipinski definition) is 5. The number of ether oxygens (including phenoxy) is 2. The van der Waals surface area contributed by atoms with Gasteiger partial charge in [0.2, 0.25) is 5.89 Å². The molecule has 8 heteroatoms. The number of morpholine rings is 1. The first-order chi connectivity index (χ1) is 14.2. The molecule has 3 heterocycles. The van der Waals surface area contributed by atoms with E-state index in [2.05, 4.69) is 20.2 Å². The van der Waals surface area contributed by atoms with Gasteiger partial charge in [-0.2, -0.15) is 0 Å². The monoisotopic (exact) mass is 402 g/mol. The van der Waals surface area contributed by atoms with Crippen LogP contribution in [0.25, 0.3) is 11.5 Å². The number of aliphatic imine (C=N–C) groups is 1. The lowest BCUT2D eigenvalue weighted by atomic mass is 10.1. The van der Waals surface area contributed by atoms with Crippen molar-refractivity contribution in [3.8, 4) is 11.5 Å². The molecule has 0 aliphatic carbocycles. The van der Waals surface area contributed by atoms with E-state index in [9.17, 15) is 4.39 Å². The van der Waals surface area contributed by atoms with Gasteiger partial charge in [0, 0.05) is 45.3 Å². The Labute approximate surface area is 169 Å². The van der Waals surface area contributed by atoms with Gasteiger partial charge in [0.1, 0.15) is 18.2 Å². The molecule has 0 saturated carbocycles. The highest BCUT2D eigenvalue weighted by atomic mass is 19.1. The van der Waals surface area contributed by atoms with Crippen molar-refractivity contribution in [3.05, 3.63) is 42.0 Å². The number of hydrogen-bond donors (Lipinski definition) is 1. The highest BCUT2D eigenvalue weighted by molar-refractivity contribution is 5.80. The largest absolute Gasteiger partial charge is 0.444 e. The van der Waals surface area contributed by atoms with E-state index >= 15 is 0 Å². The van der Waals surface area contributed by atoms with E-state index in [1.54, 1.807) is 25.4 Å². The third kappa shape index (κ3) is 4.94. The van der Waals surface area contributed by atoms with E-state index in [4.69, 9.17) is 13.9 Å². The van der Waals surface area contributed by atoms with Gasteiger partial charge in [0.25, 0.3) is 0 Å². The SMILES string of the molecule is CN=C(NCCc1coc(-c2ccc(F)cc2)n1)N1CCOC(C2CCCO2)C1. The molecule has 4 rings (SSSR count). The normalized spacial score (nSPS) is 22.8. The summed E-state index contributed by atoms with van der Waals surface area (Å²) in [4.78, 5) is 11.1. The van der Waals surface area contributed by atoms with Crippen LogP contribution in [0.5, 0.6) is 0 Å². The quantitative estimate of drug-likeness (QED) is 0.612. The van der Waals surface area contributed by atoms with Gasteiger partial charge in [-0.25, -0.2) is 9.37 Å². The van der Waals surface area contributed by atoms with Crippen molar-refractivity contribution >= 4 is 5.96 Å². The van der Waals surface area contributed by atoms with E-state index in [-0.39, 0.29) is 18.0 Å². The molecule has 2 saturated heterocycles. The number of nitrogens with one attached hydrogen (secondary N) is 1. The van der Waals surface area contributed by atoms with Crippen LogP contribution >= 0.6 is 0 Å². The summed E-state index contributed by atoms with van der Waals surface area (Å²) in [5.41, 5.74) is 1.60. The first kappa shape index (κ1) is 19.8. The van der Waals surface area contributed by atoms with Gasteiger partial charge in [0.05, 0.1) is 18.4 Å². The van der Waals surface area contributed by atoms with Gasteiger partial charge in [-0.15, -0.1) is 0 Å². The van der Waals surface area contributed by atoms with Crippen molar-refractivity contribution in [1.29, 1.82) is 0 Å². The molecular formula is C21H27FN4O3. The first-order valence-corrected chi connectivity index (χ1v) is 10.1. The number of aromatic nitrogens is 1. The molecule has 2 unspecified atom stereocenters. The number of guanidine groups is 1. The van der Waals surface area contributed by atoms with Crippen LogP contribution < -0.4 is 5.32 Å². The molecule has 0 spiro atoms. The van der Waals surface area contributed by atoms with Gasteiger partial charge in [-0.3, -0.25) is 4.99 Å². The lowest BCUT2D eigenvalue weighted by molar-refractivity contribution is -0.0816. The van der Waals surface area contributed by atoms with Crippen LogP contribution in [-0.4, -0.2) is 67.9 Å². The second-order valence-electron chi connectivity index (χ2n) is 7.28. The van der Waals surface area contributed by atoms with E-state index in [0.29, 0.717) is 25.5 Å². The average Bonchev–Trinajstić information content (AvgIpc) is 3.44. The van der Waals surface area contributed by atoms with Crippen LogP contribution in [0.1, 0.15) is 18.5 Å². The Morgan fingerprint density at radius 1 is 1.24 bits per heavy atom.